The monoisotopic (exact) mass is 140 g/mol. The van der Waals surface area contributed by atoms with Crippen LogP contribution in [0.2, 0.25) is 0 Å². The molecule has 58 valence electrons. The number of aliphatic hydroxyl groups is 1. The average Bonchev–Trinajstić information content (AvgIpc) is 1.85. The Hall–Kier alpha value is -0.480. The van der Waals surface area contributed by atoms with E-state index >= 15 is 0 Å². The van der Waals surface area contributed by atoms with Gasteiger partial charge in [-0.3, -0.25) is 0 Å². The van der Waals surface area contributed by atoms with Gasteiger partial charge in [-0.1, -0.05) is 19.8 Å². The first-order chi connectivity index (χ1) is 4.48. The minimum absolute atomic E-state index is 0.611. The maximum Gasteiger partial charge on any atom is 0.122 e. The second kappa shape index (κ2) is 3.63. The number of terminal acetylenes is 1. The lowest BCUT2D eigenvalue weighted by molar-refractivity contribution is 0.105. The molecule has 0 aliphatic carbocycles. The summed E-state index contributed by atoms with van der Waals surface area (Å²) in [6, 6.07) is 0. The summed E-state index contributed by atoms with van der Waals surface area (Å²) in [6.45, 7) is 5.91. The largest absolute Gasteiger partial charge is 0.378 e. The first-order valence-corrected chi connectivity index (χ1v) is 3.68. The van der Waals surface area contributed by atoms with Crippen molar-refractivity contribution in [2.24, 2.45) is 5.92 Å². The van der Waals surface area contributed by atoms with Gasteiger partial charge in [0.1, 0.15) is 5.60 Å². The molecule has 0 aromatic carbocycles. The molecule has 0 saturated carbocycles. The lowest BCUT2D eigenvalue weighted by Gasteiger charge is -2.16. The van der Waals surface area contributed by atoms with E-state index in [9.17, 15) is 5.11 Å². The third-order valence-electron chi connectivity index (χ3n) is 1.52. The Bertz CT molecular complexity index is 128. The highest BCUT2D eigenvalue weighted by molar-refractivity contribution is 5.03. The van der Waals surface area contributed by atoms with Crippen molar-refractivity contribution in [2.45, 2.75) is 39.2 Å². The zero-order valence-electron chi connectivity index (χ0n) is 7.02. The van der Waals surface area contributed by atoms with Gasteiger partial charge >= 0.3 is 0 Å². The lowest BCUT2D eigenvalue weighted by atomic mass is 9.96. The first kappa shape index (κ1) is 9.52. The van der Waals surface area contributed by atoms with E-state index in [4.69, 9.17) is 6.42 Å². The van der Waals surface area contributed by atoms with E-state index in [-0.39, 0.29) is 0 Å². The SMILES string of the molecule is C#C[C@](C)(O)CCC(C)C. The summed E-state index contributed by atoms with van der Waals surface area (Å²) in [7, 11) is 0. The van der Waals surface area contributed by atoms with Crippen LogP contribution in [0.15, 0.2) is 0 Å². The third-order valence-corrected chi connectivity index (χ3v) is 1.52. The number of hydrogen-bond acceptors (Lipinski definition) is 1. The molecule has 0 bridgehead atoms. The van der Waals surface area contributed by atoms with Crippen LogP contribution in [0.25, 0.3) is 0 Å². The molecule has 0 saturated heterocycles. The predicted octanol–water partition coefficient (Wildman–Crippen LogP) is 1.81. The van der Waals surface area contributed by atoms with Crippen LogP contribution >= 0.6 is 0 Å². The fourth-order valence-corrected chi connectivity index (χ4v) is 0.642. The van der Waals surface area contributed by atoms with Gasteiger partial charge in [-0.2, -0.15) is 0 Å². The van der Waals surface area contributed by atoms with E-state index < -0.39 is 5.60 Å². The fraction of sp³-hybridized carbons (Fsp3) is 0.778. The summed E-state index contributed by atoms with van der Waals surface area (Å²) >= 11 is 0. The highest BCUT2D eigenvalue weighted by Gasteiger charge is 2.15. The van der Waals surface area contributed by atoms with Crippen LogP contribution in [-0.2, 0) is 0 Å². The number of hydrogen-bond donors (Lipinski definition) is 1. The van der Waals surface area contributed by atoms with Crippen LogP contribution in [0.3, 0.4) is 0 Å². The van der Waals surface area contributed by atoms with Gasteiger partial charge in [0.25, 0.3) is 0 Å². The molecule has 0 aromatic rings. The van der Waals surface area contributed by atoms with E-state index in [0.717, 1.165) is 6.42 Å². The van der Waals surface area contributed by atoms with Crippen molar-refractivity contribution in [2.75, 3.05) is 0 Å². The Morgan fingerprint density at radius 1 is 1.60 bits per heavy atom. The highest BCUT2D eigenvalue weighted by Crippen LogP contribution is 2.14. The maximum absolute atomic E-state index is 9.34. The Morgan fingerprint density at radius 3 is 2.40 bits per heavy atom. The smallest absolute Gasteiger partial charge is 0.122 e. The van der Waals surface area contributed by atoms with Gasteiger partial charge < -0.3 is 5.11 Å². The van der Waals surface area contributed by atoms with Gasteiger partial charge in [-0.15, -0.1) is 6.42 Å². The summed E-state index contributed by atoms with van der Waals surface area (Å²) < 4.78 is 0. The van der Waals surface area contributed by atoms with Crippen LogP contribution in [0.5, 0.6) is 0 Å². The molecule has 0 unspecified atom stereocenters. The van der Waals surface area contributed by atoms with Crippen LogP contribution in [-0.4, -0.2) is 10.7 Å². The molecule has 0 amide bonds. The molecule has 1 heteroatoms. The topological polar surface area (TPSA) is 20.2 Å². The quantitative estimate of drug-likeness (QED) is 0.593. The second-order valence-corrected chi connectivity index (χ2v) is 3.35. The normalized spacial score (nSPS) is 16.4. The Kier molecular flexibility index (Phi) is 3.46. The van der Waals surface area contributed by atoms with Crippen LogP contribution in [0.1, 0.15) is 33.6 Å². The highest BCUT2D eigenvalue weighted by atomic mass is 16.3. The summed E-state index contributed by atoms with van der Waals surface area (Å²) in [4.78, 5) is 0. The average molecular weight is 140 g/mol. The Labute approximate surface area is 63.5 Å². The molecule has 0 fully saturated rings. The Balaban J connectivity index is 3.60. The maximum atomic E-state index is 9.34. The lowest BCUT2D eigenvalue weighted by Crippen LogP contribution is -2.21. The van der Waals surface area contributed by atoms with Gasteiger partial charge in [0.05, 0.1) is 0 Å². The molecule has 0 aliphatic heterocycles. The van der Waals surface area contributed by atoms with Crippen molar-refractivity contribution in [3.63, 3.8) is 0 Å². The Morgan fingerprint density at radius 2 is 2.10 bits per heavy atom. The molecule has 1 N–H and O–H groups in total. The van der Waals surface area contributed by atoms with Crippen molar-refractivity contribution in [1.29, 1.82) is 0 Å². The third kappa shape index (κ3) is 4.40. The van der Waals surface area contributed by atoms with Crippen molar-refractivity contribution < 1.29 is 5.11 Å². The van der Waals surface area contributed by atoms with Crippen molar-refractivity contribution >= 4 is 0 Å². The van der Waals surface area contributed by atoms with E-state index in [1.165, 1.54) is 0 Å². The summed E-state index contributed by atoms with van der Waals surface area (Å²) in [5.41, 5.74) is -0.899. The van der Waals surface area contributed by atoms with E-state index in [2.05, 4.69) is 19.8 Å². The second-order valence-electron chi connectivity index (χ2n) is 3.35. The molecular weight excluding hydrogens is 124 g/mol. The van der Waals surface area contributed by atoms with Crippen LogP contribution in [0.4, 0.5) is 0 Å². The van der Waals surface area contributed by atoms with Crippen LogP contribution in [0, 0.1) is 18.3 Å². The van der Waals surface area contributed by atoms with E-state index in [1.54, 1.807) is 6.92 Å². The zero-order chi connectivity index (χ0) is 8.20. The molecule has 0 spiro atoms. The van der Waals surface area contributed by atoms with Gasteiger partial charge in [0.15, 0.2) is 0 Å². The van der Waals surface area contributed by atoms with Gasteiger partial charge in [-0.05, 0) is 25.7 Å². The fourth-order valence-electron chi connectivity index (χ4n) is 0.642. The van der Waals surface area contributed by atoms with Gasteiger partial charge in [-0.25, -0.2) is 0 Å². The summed E-state index contributed by atoms with van der Waals surface area (Å²) in [6.07, 6.45) is 6.77. The summed E-state index contributed by atoms with van der Waals surface area (Å²) in [5, 5.41) is 9.34. The molecule has 0 heterocycles. The molecule has 0 aliphatic rings. The van der Waals surface area contributed by atoms with Gasteiger partial charge in [0.2, 0.25) is 0 Å². The van der Waals surface area contributed by atoms with E-state index in [1.807, 2.05) is 0 Å². The molecular formula is C9H16O. The van der Waals surface area contributed by atoms with Crippen LogP contribution < -0.4 is 0 Å². The molecule has 0 radical (unpaired) electrons. The minimum atomic E-state index is -0.899. The van der Waals surface area contributed by atoms with Crippen molar-refractivity contribution in [3.05, 3.63) is 0 Å². The standard InChI is InChI=1S/C9H16O/c1-5-9(4,10)7-6-8(2)3/h1,8,10H,6-7H2,2-4H3/t9-/m0/s1. The minimum Gasteiger partial charge on any atom is -0.378 e. The van der Waals surface area contributed by atoms with Crippen molar-refractivity contribution in [3.8, 4) is 12.3 Å². The van der Waals surface area contributed by atoms with Crippen molar-refractivity contribution in [1.82, 2.24) is 0 Å². The summed E-state index contributed by atoms with van der Waals surface area (Å²) in [5.74, 6) is 2.96. The predicted molar refractivity (Wildman–Crippen MR) is 43.5 cm³/mol. The molecule has 0 rings (SSSR count). The molecule has 1 atom stereocenters. The van der Waals surface area contributed by atoms with Gasteiger partial charge in [0, 0.05) is 0 Å². The number of rotatable bonds is 3. The molecule has 0 aromatic heterocycles. The van der Waals surface area contributed by atoms with E-state index in [0.29, 0.717) is 12.3 Å². The molecule has 10 heavy (non-hydrogen) atoms. The zero-order valence-corrected chi connectivity index (χ0v) is 7.02. The molecule has 1 nitrogen and oxygen atoms in total. The first-order valence-electron chi connectivity index (χ1n) is 3.68.